The van der Waals surface area contributed by atoms with Gasteiger partial charge in [-0.05, 0) is 51.3 Å². The van der Waals surface area contributed by atoms with E-state index < -0.39 is 5.60 Å². The number of ether oxygens (including phenoxy) is 2. The lowest BCUT2D eigenvalue weighted by Gasteiger charge is -2.34. The molecule has 0 unspecified atom stereocenters. The van der Waals surface area contributed by atoms with E-state index in [0.717, 1.165) is 11.1 Å². The normalized spacial score (nSPS) is 15.9. The van der Waals surface area contributed by atoms with Crippen LogP contribution in [0, 0.1) is 5.92 Å². The van der Waals surface area contributed by atoms with Crippen LogP contribution >= 0.6 is 11.6 Å². The summed E-state index contributed by atoms with van der Waals surface area (Å²) < 4.78 is 11.7. The van der Waals surface area contributed by atoms with Gasteiger partial charge in [0.25, 0.3) is 0 Å². The van der Waals surface area contributed by atoms with Crippen LogP contribution in [-0.4, -0.2) is 18.0 Å². The zero-order valence-electron chi connectivity index (χ0n) is 14.0. The molecule has 0 bridgehead atoms. The van der Waals surface area contributed by atoms with Crippen LogP contribution in [0.2, 0.25) is 5.02 Å². The molecule has 0 radical (unpaired) electrons. The monoisotopic (exact) mass is 322 g/mol. The first kappa shape index (κ1) is 16.9. The molecule has 0 atom stereocenters. The van der Waals surface area contributed by atoms with Crippen molar-refractivity contribution in [3.8, 4) is 11.5 Å². The van der Waals surface area contributed by atoms with Crippen molar-refractivity contribution in [2.24, 2.45) is 5.92 Å². The summed E-state index contributed by atoms with van der Waals surface area (Å²) in [6, 6.07) is 1.84. The van der Waals surface area contributed by atoms with E-state index in [1.165, 1.54) is 6.92 Å². The lowest BCUT2D eigenvalue weighted by molar-refractivity contribution is 0.101. The summed E-state index contributed by atoms with van der Waals surface area (Å²) in [5.41, 5.74) is 2.07. The summed E-state index contributed by atoms with van der Waals surface area (Å²) in [6.45, 7) is 12.1. The fourth-order valence-corrected chi connectivity index (χ4v) is 3.00. The van der Waals surface area contributed by atoms with E-state index in [4.69, 9.17) is 21.1 Å². The van der Waals surface area contributed by atoms with Gasteiger partial charge in [0.1, 0.15) is 10.6 Å². The summed E-state index contributed by atoms with van der Waals surface area (Å²) in [6.07, 6.45) is 2.10. The van der Waals surface area contributed by atoms with Crippen molar-refractivity contribution >= 4 is 23.0 Å². The van der Waals surface area contributed by atoms with Gasteiger partial charge in [-0.3, -0.25) is 4.79 Å². The van der Waals surface area contributed by atoms with Crippen molar-refractivity contribution in [2.45, 2.75) is 47.1 Å². The van der Waals surface area contributed by atoms with Gasteiger partial charge in [0.05, 0.1) is 12.2 Å². The molecule has 4 heteroatoms. The van der Waals surface area contributed by atoms with E-state index in [2.05, 4.69) is 19.9 Å². The molecule has 1 aromatic rings. The maximum atomic E-state index is 12.0. The largest absolute Gasteiger partial charge is 0.491 e. The highest BCUT2D eigenvalue weighted by Gasteiger charge is 2.32. The van der Waals surface area contributed by atoms with Crippen LogP contribution in [0.15, 0.2) is 12.1 Å². The van der Waals surface area contributed by atoms with E-state index >= 15 is 0 Å². The molecular formula is C18H23ClO3. The molecule has 0 amide bonds. The number of fused-ring (bicyclic) bond motifs is 1. The Labute approximate surface area is 137 Å². The number of Topliss-reactive ketones (excluding diaryl/α,β-unsaturated/α-hetero) is 1. The fourth-order valence-electron chi connectivity index (χ4n) is 2.70. The molecule has 2 rings (SSSR count). The first-order chi connectivity index (χ1) is 10.2. The predicted octanol–water partition coefficient (Wildman–Crippen LogP) is 5.15. The van der Waals surface area contributed by atoms with Crippen molar-refractivity contribution in [1.82, 2.24) is 0 Å². The van der Waals surface area contributed by atoms with Gasteiger partial charge in [-0.1, -0.05) is 25.4 Å². The summed E-state index contributed by atoms with van der Waals surface area (Å²) in [5, 5.41) is 0.379. The Morgan fingerprint density at radius 2 is 2.05 bits per heavy atom. The van der Waals surface area contributed by atoms with Crippen LogP contribution in [0.4, 0.5) is 0 Å². The summed E-state index contributed by atoms with van der Waals surface area (Å²) in [7, 11) is 0. The van der Waals surface area contributed by atoms with E-state index in [-0.39, 0.29) is 5.78 Å². The Balaban J connectivity index is 2.76. The van der Waals surface area contributed by atoms with Crippen LogP contribution in [0.5, 0.6) is 11.5 Å². The van der Waals surface area contributed by atoms with Gasteiger partial charge in [-0.2, -0.15) is 0 Å². The standard InChI is InChI=1S/C18H23ClO3/c1-7-21-16-12(11(4)20)8-13-14(10(2)3)9-18(5,6)22-17(13)15(16)19/h8-10H,7H2,1-6H3. The van der Waals surface area contributed by atoms with Crippen LogP contribution in [-0.2, 0) is 0 Å². The van der Waals surface area contributed by atoms with Crippen LogP contribution in [0.25, 0.3) is 5.57 Å². The average Bonchev–Trinajstić information content (AvgIpc) is 2.40. The molecule has 1 aromatic carbocycles. The molecule has 0 fully saturated rings. The van der Waals surface area contributed by atoms with Gasteiger partial charge in [0.15, 0.2) is 17.3 Å². The number of ketones is 1. The maximum Gasteiger partial charge on any atom is 0.163 e. The first-order valence-corrected chi connectivity index (χ1v) is 7.98. The number of carbonyl (C=O) groups excluding carboxylic acids is 1. The number of halogens is 1. The molecule has 120 valence electrons. The van der Waals surface area contributed by atoms with Gasteiger partial charge >= 0.3 is 0 Å². The van der Waals surface area contributed by atoms with Crippen LogP contribution in [0.3, 0.4) is 0 Å². The van der Waals surface area contributed by atoms with Gasteiger partial charge in [0, 0.05) is 5.56 Å². The van der Waals surface area contributed by atoms with E-state index in [0.29, 0.717) is 34.6 Å². The van der Waals surface area contributed by atoms with Crippen LogP contribution < -0.4 is 9.47 Å². The number of hydrogen-bond acceptors (Lipinski definition) is 3. The minimum absolute atomic E-state index is 0.0684. The second-order valence-corrected chi connectivity index (χ2v) is 6.77. The molecule has 1 aliphatic heterocycles. The number of allylic oxidation sites excluding steroid dienone is 1. The van der Waals surface area contributed by atoms with Gasteiger partial charge < -0.3 is 9.47 Å². The second kappa shape index (κ2) is 5.96. The number of rotatable bonds is 4. The van der Waals surface area contributed by atoms with Gasteiger partial charge in [0.2, 0.25) is 0 Å². The zero-order valence-corrected chi connectivity index (χ0v) is 14.8. The van der Waals surface area contributed by atoms with E-state index in [9.17, 15) is 4.79 Å². The third-order valence-corrected chi connectivity index (χ3v) is 3.99. The molecule has 0 N–H and O–H groups in total. The predicted molar refractivity (Wildman–Crippen MR) is 90.1 cm³/mol. The molecular weight excluding hydrogens is 300 g/mol. The third kappa shape index (κ3) is 3.00. The Bertz CT molecular complexity index is 642. The van der Waals surface area contributed by atoms with Crippen molar-refractivity contribution in [3.05, 3.63) is 28.3 Å². The topological polar surface area (TPSA) is 35.5 Å². The molecule has 1 heterocycles. The smallest absolute Gasteiger partial charge is 0.163 e. The minimum atomic E-state index is -0.447. The minimum Gasteiger partial charge on any atom is -0.491 e. The molecule has 0 saturated heterocycles. The Hall–Kier alpha value is -1.48. The van der Waals surface area contributed by atoms with Gasteiger partial charge in [-0.15, -0.1) is 0 Å². The Kier molecular flexibility index (Phi) is 4.57. The lowest BCUT2D eigenvalue weighted by Crippen LogP contribution is -2.30. The van der Waals surface area contributed by atoms with E-state index in [1.54, 1.807) is 0 Å². The van der Waals surface area contributed by atoms with Crippen molar-refractivity contribution in [1.29, 1.82) is 0 Å². The SMILES string of the molecule is CCOc1c(C(C)=O)cc2c(c1Cl)OC(C)(C)C=C2C(C)C. The summed E-state index contributed by atoms with van der Waals surface area (Å²) in [5.74, 6) is 1.25. The first-order valence-electron chi connectivity index (χ1n) is 7.60. The maximum absolute atomic E-state index is 12.0. The highest BCUT2D eigenvalue weighted by molar-refractivity contribution is 6.34. The summed E-state index contributed by atoms with van der Waals surface area (Å²) >= 11 is 6.52. The highest BCUT2D eigenvalue weighted by atomic mass is 35.5. The molecule has 0 spiro atoms. The van der Waals surface area contributed by atoms with Crippen LogP contribution in [0.1, 0.15) is 57.5 Å². The highest BCUT2D eigenvalue weighted by Crippen LogP contribution is 2.48. The molecule has 0 saturated carbocycles. The third-order valence-electron chi connectivity index (χ3n) is 3.65. The van der Waals surface area contributed by atoms with Gasteiger partial charge in [-0.25, -0.2) is 0 Å². The molecule has 22 heavy (non-hydrogen) atoms. The Morgan fingerprint density at radius 1 is 1.41 bits per heavy atom. The summed E-state index contributed by atoms with van der Waals surface area (Å²) in [4.78, 5) is 12.0. The zero-order chi connectivity index (χ0) is 16.7. The average molecular weight is 323 g/mol. The molecule has 0 aromatic heterocycles. The Morgan fingerprint density at radius 3 is 2.55 bits per heavy atom. The number of carbonyl (C=O) groups is 1. The second-order valence-electron chi connectivity index (χ2n) is 6.39. The molecule has 1 aliphatic rings. The molecule has 0 aliphatic carbocycles. The van der Waals surface area contributed by atoms with Crippen molar-refractivity contribution in [3.63, 3.8) is 0 Å². The lowest BCUT2D eigenvalue weighted by atomic mass is 9.86. The number of hydrogen-bond donors (Lipinski definition) is 0. The van der Waals surface area contributed by atoms with Crippen molar-refractivity contribution in [2.75, 3.05) is 6.61 Å². The number of benzene rings is 1. The van der Waals surface area contributed by atoms with Crippen molar-refractivity contribution < 1.29 is 14.3 Å². The molecule has 3 nitrogen and oxygen atoms in total. The quantitative estimate of drug-likeness (QED) is 0.719. The fraction of sp³-hybridized carbons (Fsp3) is 0.500. The van der Waals surface area contributed by atoms with E-state index in [1.807, 2.05) is 26.8 Å².